The molecule has 1 heterocycles. The smallest absolute Gasteiger partial charge is 0.227 e. The maximum absolute atomic E-state index is 11.5. The zero-order chi connectivity index (χ0) is 10.7. The fourth-order valence-electron chi connectivity index (χ4n) is 1.71. The van der Waals surface area contributed by atoms with Crippen LogP contribution in [-0.4, -0.2) is 41.3 Å². The molecule has 0 aromatic heterocycles. The molecule has 0 radical (unpaired) electrons. The van der Waals surface area contributed by atoms with Crippen molar-refractivity contribution in [3.63, 3.8) is 0 Å². The minimum Gasteiger partial charge on any atom is -0.373 e. The lowest BCUT2D eigenvalue weighted by Crippen LogP contribution is -2.40. The summed E-state index contributed by atoms with van der Waals surface area (Å²) in [6, 6.07) is 0.419. The summed E-state index contributed by atoms with van der Waals surface area (Å²) in [5.74, 6) is 0.0482. The third-order valence-corrected chi connectivity index (χ3v) is 2.53. The summed E-state index contributed by atoms with van der Waals surface area (Å²) in [7, 11) is 0. The quantitative estimate of drug-likeness (QED) is 0.680. The topological polar surface area (TPSA) is 52.6 Å². The van der Waals surface area contributed by atoms with Gasteiger partial charge in [0.2, 0.25) is 5.91 Å². The predicted molar refractivity (Wildman–Crippen MR) is 54.6 cm³/mol. The summed E-state index contributed by atoms with van der Waals surface area (Å²) >= 11 is 0. The van der Waals surface area contributed by atoms with Crippen LogP contribution in [-0.2, 0) is 4.79 Å². The van der Waals surface area contributed by atoms with Gasteiger partial charge in [-0.3, -0.25) is 4.79 Å². The van der Waals surface area contributed by atoms with Crippen LogP contribution in [0.4, 0.5) is 0 Å². The molecule has 0 spiro atoms. The van der Waals surface area contributed by atoms with Crippen molar-refractivity contribution in [3.05, 3.63) is 0 Å². The Morgan fingerprint density at radius 3 is 2.71 bits per heavy atom. The number of rotatable bonds is 4. The van der Waals surface area contributed by atoms with Crippen molar-refractivity contribution in [1.29, 1.82) is 0 Å². The van der Waals surface area contributed by atoms with E-state index in [1.165, 1.54) is 0 Å². The van der Waals surface area contributed by atoms with Gasteiger partial charge in [0.05, 0.1) is 0 Å². The number of carbonyl (C=O) groups excluding carboxylic acids is 1. The van der Waals surface area contributed by atoms with Crippen LogP contribution in [0.3, 0.4) is 0 Å². The summed E-state index contributed by atoms with van der Waals surface area (Å²) in [5, 5.41) is 12.8. The minimum atomic E-state index is -0.577. The highest BCUT2D eigenvalue weighted by Crippen LogP contribution is 2.21. The highest BCUT2D eigenvalue weighted by Gasteiger charge is 2.34. The van der Waals surface area contributed by atoms with E-state index in [1.807, 2.05) is 6.92 Å². The first kappa shape index (κ1) is 11.5. The first-order valence-electron chi connectivity index (χ1n) is 5.24. The molecule has 1 amide bonds. The van der Waals surface area contributed by atoms with Crippen LogP contribution in [0.5, 0.6) is 0 Å². The lowest BCUT2D eigenvalue weighted by Gasteiger charge is -2.21. The van der Waals surface area contributed by atoms with Crippen molar-refractivity contribution in [3.8, 4) is 0 Å². The molecular weight excluding hydrogens is 180 g/mol. The number of aliphatic hydroxyl groups excluding tert-OH is 1. The molecule has 4 nitrogen and oxygen atoms in total. The second-order valence-corrected chi connectivity index (χ2v) is 4.26. The lowest BCUT2D eigenvalue weighted by atomic mass is 10.1. The summed E-state index contributed by atoms with van der Waals surface area (Å²) in [5.41, 5.74) is 0. The van der Waals surface area contributed by atoms with Gasteiger partial charge in [-0.05, 0) is 0 Å². The molecule has 82 valence electrons. The summed E-state index contributed by atoms with van der Waals surface area (Å²) < 4.78 is 0. The molecule has 1 saturated heterocycles. The van der Waals surface area contributed by atoms with Gasteiger partial charge in [0.15, 0.2) is 0 Å². The van der Waals surface area contributed by atoms with Crippen LogP contribution < -0.4 is 5.32 Å². The van der Waals surface area contributed by atoms with E-state index in [0.29, 0.717) is 19.0 Å². The zero-order valence-corrected chi connectivity index (χ0v) is 9.16. The van der Waals surface area contributed by atoms with E-state index in [4.69, 9.17) is 0 Å². The van der Waals surface area contributed by atoms with E-state index in [2.05, 4.69) is 19.2 Å². The van der Waals surface area contributed by atoms with Crippen molar-refractivity contribution in [1.82, 2.24) is 10.2 Å². The number of carbonyl (C=O) groups is 1. The van der Waals surface area contributed by atoms with Crippen molar-refractivity contribution < 1.29 is 9.90 Å². The minimum absolute atomic E-state index is 0.0240. The molecular formula is C10H20N2O2. The number of nitrogens with zero attached hydrogens (tertiary/aromatic N) is 1. The molecule has 2 atom stereocenters. The Morgan fingerprint density at radius 2 is 2.29 bits per heavy atom. The SMILES string of the molecule is CC(C)NCCN1C(=O)C(C)CC1O. The normalized spacial score (nSPS) is 27.8. The van der Waals surface area contributed by atoms with Crippen molar-refractivity contribution in [2.45, 2.75) is 39.5 Å². The Morgan fingerprint density at radius 1 is 1.64 bits per heavy atom. The Bertz CT molecular complexity index is 206. The molecule has 4 heteroatoms. The second kappa shape index (κ2) is 4.75. The highest BCUT2D eigenvalue weighted by molar-refractivity contribution is 5.80. The van der Waals surface area contributed by atoms with Gasteiger partial charge in [-0.15, -0.1) is 0 Å². The van der Waals surface area contributed by atoms with Gasteiger partial charge in [-0.1, -0.05) is 20.8 Å². The van der Waals surface area contributed by atoms with Crippen LogP contribution in [0.15, 0.2) is 0 Å². The number of likely N-dealkylation sites (tertiary alicyclic amines) is 1. The lowest BCUT2D eigenvalue weighted by molar-refractivity contribution is -0.135. The van der Waals surface area contributed by atoms with Crippen molar-refractivity contribution in [2.24, 2.45) is 5.92 Å². The van der Waals surface area contributed by atoms with Crippen LogP contribution in [0.25, 0.3) is 0 Å². The van der Waals surface area contributed by atoms with Gasteiger partial charge in [0.25, 0.3) is 0 Å². The highest BCUT2D eigenvalue weighted by atomic mass is 16.3. The number of hydrogen-bond donors (Lipinski definition) is 2. The average Bonchev–Trinajstić information content (AvgIpc) is 2.31. The average molecular weight is 200 g/mol. The Kier molecular flexibility index (Phi) is 3.89. The molecule has 0 aromatic carbocycles. The van der Waals surface area contributed by atoms with E-state index in [9.17, 15) is 9.90 Å². The number of amides is 1. The molecule has 2 N–H and O–H groups in total. The van der Waals surface area contributed by atoms with Crippen LogP contribution in [0.1, 0.15) is 27.2 Å². The molecule has 1 aliphatic heterocycles. The van der Waals surface area contributed by atoms with E-state index >= 15 is 0 Å². The second-order valence-electron chi connectivity index (χ2n) is 4.26. The van der Waals surface area contributed by atoms with Crippen molar-refractivity contribution in [2.75, 3.05) is 13.1 Å². The molecule has 0 aromatic rings. The third-order valence-electron chi connectivity index (χ3n) is 2.53. The summed E-state index contributed by atoms with van der Waals surface area (Å²) in [6.07, 6.45) is -0.00740. The summed E-state index contributed by atoms with van der Waals surface area (Å²) in [6.45, 7) is 7.33. The number of hydrogen-bond acceptors (Lipinski definition) is 3. The number of aliphatic hydroxyl groups is 1. The van der Waals surface area contributed by atoms with Gasteiger partial charge in [-0.2, -0.15) is 0 Å². The van der Waals surface area contributed by atoms with Crippen LogP contribution in [0, 0.1) is 5.92 Å². The zero-order valence-electron chi connectivity index (χ0n) is 9.16. The van der Waals surface area contributed by atoms with Gasteiger partial charge in [-0.25, -0.2) is 0 Å². The Balaban J connectivity index is 2.33. The molecule has 0 aliphatic carbocycles. The van der Waals surface area contributed by atoms with E-state index in [1.54, 1.807) is 4.90 Å². The molecule has 0 bridgehead atoms. The van der Waals surface area contributed by atoms with Gasteiger partial charge >= 0.3 is 0 Å². The Hall–Kier alpha value is -0.610. The van der Waals surface area contributed by atoms with Crippen molar-refractivity contribution >= 4 is 5.91 Å². The van der Waals surface area contributed by atoms with Gasteiger partial charge in [0.1, 0.15) is 6.23 Å². The standard InChI is InChI=1S/C10H20N2O2/c1-7(2)11-4-5-12-9(13)6-8(3)10(12)14/h7-9,11,13H,4-6H2,1-3H3. The first-order chi connectivity index (χ1) is 6.52. The predicted octanol–water partition coefficient (Wildman–Crippen LogP) is 0.171. The van der Waals surface area contributed by atoms with Crippen LogP contribution in [0.2, 0.25) is 0 Å². The molecule has 0 saturated carbocycles. The maximum atomic E-state index is 11.5. The van der Waals surface area contributed by atoms with Crippen LogP contribution >= 0.6 is 0 Å². The molecule has 1 fully saturated rings. The maximum Gasteiger partial charge on any atom is 0.227 e. The van der Waals surface area contributed by atoms with E-state index < -0.39 is 6.23 Å². The monoisotopic (exact) mass is 200 g/mol. The van der Waals surface area contributed by atoms with E-state index in [0.717, 1.165) is 6.54 Å². The van der Waals surface area contributed by atoms with Gasteiger partial charge in [0, 0.05) is 31.5 Å². The fourth-order valence-corrected chi connectivity index (χ4v) is 1.71. The van der Waals surface area contributed by atoms with E-state index in [-0.39, 0.29) is 11.8 Å². The molecule has 2 unspecified atom stereocenters. The summed E-state index contributed by atoms with van der Waals surface area (Å²) in [4.78, 5) is 13.1. The van der Waals surface area contributed by atoms with Gasteiger partial charge < -0.3 is 15.3 Å². The molecule has 1 rings (SSSR count). The first-order valence-corrected chi connectivity index (χ1v) is 5.24. The fraction of sp³-hybridized carbons (Fsp3) is 0.900. The Labute approximate surface area is 85.3 Å². The largest absolute Gasteiger partial charge is 0.373 e. The number of nitrogens with one attached hydrogen (secondary N) is 1. The third kappa shape index (κ3) is 2.69. The molecule has 1 aliphatic rings. The molecule has 14 heavy (non-hydrogen) atoms.